The van der Waals surface area contributed by atoms with Crippen LogP contribution in [0.25, 0.3) is 21.9 Å². The fourth-order valence-corrected chi connectivity index (χ4v) is 2.68. The van der Waals surface area contributed by atoms with Gasteiger partial charge in [0.2, 0.25) is 0 Å². The molecule has 4 rings (SSSR count). The fourth-order valence-electron chi connectivity index (χ4n) is 2.68. The Morgan fingerprint density at radius 2 is 2.05 bits per heavy atom. The lowest BCUT2D eigenvalue weighted by Gasteiger charge is -2.07. The van der Waals surface area contributed by atoms with Gasteiger partial charge in [-0.2, -0.15) is 0 Å². The first-order valence-electron chi connectivity index (χ1n) is 6.68. The van der Waals surface area contributed by atoms with Crippen LogP contribution in [0.2, 0.25) is 0 Å². The number of benzene rings is 2. The summed E-state index contributed by atoms with van der Waals surface area (Å²) in [6.07, 6.45) is 0. The minimum Gasteiger partial charge on any atom is -0.285 e. The number of aryl methyl sites for hydroxylation is 1. The molecule has 0 bridgehead atoms. The molecule has 0 aliphatic rings. The Bertz CT molecular complexity index is 1010. The zero-order valence-electron chi connectivity index (χ0n) is 11.4. The molecule has 0 atom stereocenters. The van der Waals surface area contributed by atoms with Gasteiger partial charge in [-0.15, -0.1) is 5.10 Å². The highest BCUT2D eigenvalue weighted by Gasteiger charge is 2.10. The molecule has 2 heterocycles. The number of fused-ring (bicyclic) bond motifs is 2. The van der Waals surface area contributed by atoms with Crippen LogP contribution in [0.1, 0.15) is 5.56 Å². The van der Waals surface area contributed by atoms with Gasteiger partial charge in [0.15, 0.2) is 0 Å². The van der Waals surface area contributed by atoms with Crippen LogP contribution < -0.4 is 5.56 Å². The number of hydrogen-bond donors (Lipinski definition) is 1. The van der Waals surface area contributed by atoms with Gasteiger partial charge >= 0.3 is 0 Å². The molecular formula is C15H13N5O. The molecule has 4 aromatic rings. The summed E-state index contributed by atoms with van der Waals surface area (Å²) in [5.41, 5.74) is 3.67. The van der Waals surface area contributed by atoms with Crippen LogP contribution in [-0.2, 0) is 13.6 Å². The van der Waals surface area contributed by atoms with Crippen LogP contribution in [0, 0.1) is 0 Å². The van der Waals surface area contributed by atoms with Gasteiger partial charge in [-0.05, 0) is 29.8 Å². The first kappa shape index (κ1) is 11.9. The predicted molar refractivity (Wildman–Crippen MR) is 80.2 cm³/mol. The van der Waals surface area contributed by atoms with Gasteiger partial charge in [0.05, 0.1) is 23.0 Å². The average molecular weight is 279 g/mol. The second-order valence-corrected chi connectivity index (χ2v) is 5.07. The molecule has 2 aromatic heterocycles. The molecule has 6 heteroatoms. The molecular weight excluding hydrogens is 266 g/mol. The van der Waals surface area contributed by atoms with E-state index in [-0.39, 0.29) is 5.56 Å². The molecule has 6 nitrogen and oxygen atoms in total. The maximum absolute atomic E-state index is 12.5. The highest BCUT2D eigenvalue weighted by atomic mass is 16.1. The molecule has 0 saturated heterocycles. The maximum atomic E-state index is 12.5. The van der Waals surface area contributed by atoms with Crippen molar-refractivity contribution in [2.45, 2.75) is 6.54 Å². The van der Waals surface area contributed by atoms with Crippen LogP contribution in [0.3, 0.4) is 0 Å². The Morgan fingerprint density at radius 3 is 2.90 bits per heavy atom. The van der Waals surface area contributed by atoms with Crippen LogP contribution in [0.15, 0.2) is 47.3 Å². The Morgan fingerprint density at radius 1 is 1.19 bits per heavy atom. The lowest BCUT2D eigenvalue weighted by atomic mass is 10.2. The van der Waals surface area contributed by atoms with E-state index in [9.17, 15) is 4.79 Å². The molecule has 0 spiro atoms. The summed E-state index contributed by atoms with van der Waals surface area (Å²) in [7, 11) is 1.90. The molecule has 2 aromatic carbocycles. The summed E-state index contributed by atoms with van der Waals surface area (Å²) in [6, 6.07) is 13.5. The third-order valence-electron chi connectivity index (χ3n) is 3.80. The minimum absolute atomic E-state index is 0.0216. The SMILES string of the molecule is Cn1c2ccccc2c(=O)n1Cc1ccc2[nH]nnc2c1. The standard InChI is InChI=1S/C15H13N5O/c1-19-14-5-3-2-4-11(14)15(21)20(19)9-10-6-7-12-13(8-10)17-18-16-12/h2-8H,9H2,1H3,(H,16,17,18). The van der Waals surface area contributed by atoms with Gasteiger partial charge in [0.25, 0.3) is 5.56 Å². The highest BCUT2D eigenvalue weighted by Crippen LogP contribution is 2.14. The van der Waals surface area contributed by atoms with Gasteiger partial charge in [-0.3, -0.25) is 14.6 Å². The number of nitrogens with zero attached hydrogens (tertiary/aromatic N) is 4. The van der Waals surface area contributed by atoms with Crippen molar-refractivity contribution in [1.82, 2.24) is 24.8 Å². The van der Waals surface area contributed by atoms with E-state index in [0.29, 0.717) is 6.54 Å². The van der Waals surface area contributed by atoms with Gasteiger partial charge < -0.3 is 0 Å². The molecule has 0 unspecified atom stereocenters. The van der Waals surface area contributed by atoms with Crippen molar-refractivity contribution in [3.05, 3.63) is 58.4 Å². The van der Waals surface area contributed by atoms with Crippen molar-refractivity contribution < 1.29 is 0 Å². The van der Waals surface area contributed by atoms with Crippen molar-refractivity contribution in [3.63, 3.8) is 0 Å². The number of nitrogens with one attached hydrogen (secondary N) is 1. The van der Waals surface area contributed by atoms with E-state index in [1.807, 2.05) is 54.2 Å². The predicted octanol–water partition coefficient (Wildman–Crippen LogP) is 1.66. The van der Waals surface area contributed by atoms with Crippen molar-refractivity contribution >= 4 is 21.9 Å². The topological polar surface area (TPSA) is 68.5 Å². The Hall–Kier alpha value is -2.89. The second kappa shape index (κ2) is 4.31. The number of aromatic nitrogens is 5. The van der Waals surface area contributed by atoms with E-state index in [1.54, 1.807) is 4.68 Å². The van der Waals surface area contributed by atoms with E-state index in [4.69, 9.17) is 0 Å². The van der Waals surface area contributed by atoms with Gasteiger partial charge in [0, 0.05) is 7.05 Å². The normalized spacial score (nSPS) is 11.5. The zero-order valence-corrected chi connectivity index (χ0v) is 11.4. The molecule has 0 fully saturated rings. The van der Waals surface area contributed by atoms with E-state index >= 15 is 0 Å². The average Bonchev–Trinajstić information content (AvgIpc) is 3.06. The van der Waals surface area contributed by atoms with Crippen molar-refractivity contribution in [3.8, 4) is 0 Å². The summed E-state index contributed by atoms with van der Waals surface area (Å²) >= 11 is 0. The van der Waals surface area contributed by atoms with Crippen LogP contribution in [0.5, 0.6) is 0 Å². The van der Waals surface area contributed by atoms with Gasteiger partial charge in [0.1, 0.15) is 5.52 Å². The molecule has 0 aliphatic heterocycles. The second-order valence-electron chi connectivity index (χ2n) is 5.07. The molecule has 0 aliphatic carbocycles. The molecule has 1 N–H and O–H groups in total. The number of para-hydroxylation sites is 1. The summed E-state index contributed by atoms with van der Waals surface area (Å²) in [6.45, 7) is 0.507. The van der Waals surface area contributed by atoms with Crippen molar-refractivity contribution in [1.29, 1.82) is 0 Å². The Labute approximate surface area is 119 Å². The minimum atomic E-state index is 0.0216. The number of rotatable bonds is 2. The van der Waals surface area contributed by atoms with Crippen LogP contribution >= 0.6 is 0 Å². The molecule has 0 amide bonds. The first-order chi connectivity index (χ1) is 10.2. The van der Waals surface area contributed by atoms with Gasteiger partial charge in [-0.1, -0.05) is 23.4 Å². The Balaban J connectivity index is 1.85. The third-order valence-corrected chi connectivity index (χ3v) is 3.80. The zero-order chi connectivity index (χ0) is 14.4. The lowest BCUT2D eigenvalue weighted by Crippen LogP contribution is -2.21. The van der Waals surface area contributed by atoms with E-state index < -0.39 is 0 Å². The van der Waals surface area contributed by atoms with Crippen molar-refractivity contribution in [2.75, 3.05) is 0 Å². The highest BCUT2D eigenvalue weighted by molar-refractivity contribution is 5.78. The maximum Gasteiger partial charge on any atom is 0.274 e. The van der Waals surface area contributed by atoms with Crippen LogP contribution in [0.4, 0.5) is 0 Å². The Kier molecular flexibility index (Phi) is 2.44. The summed E-state index contributed by atoms with van der Waals surface area (Å²) in [5.74, 6) is 0. The number of H-pyrrole nitrogens is 1. The molecule has 0 saturated carbocycles. The molecule has 104 valence electrons. The van der Waals surface area contributed by atoms with E-state index in [1.165, 1.54) is 0 Å². The third kappa shape index (κ3) is 1.76. The molecule has 0 radical (unpaired) electrons. The molecule has 21 heavy (non-hydrogen) atoms. The first-order valence-corrected chi connectivity index (χ1v) is 6.68. The largest absolute Gasteiger partial charge is 0.285 e. The number of hydrogen-bond acceptors (Lipinski definition) is 3. The number of aromatic amines is 1. The quantitative estimate of drug-likeness (QED) is 0.606. The monoisotopic (exact) mass is 279 g/mol. The summed E-state index contributed by atoms with van der Waals surface area (Å²) in [5, 5.41) is 11.3. The smallest absolute Gasteiger partial charge is 0.274 e. The summed E-state index contributed by atoms with van der Waals surface area (Å²) in [4.78, 5) is 12.5. The van der Waals surface area contributed by atoms with Crippen molar-refractivity contribution in [2.24, 2.45) is 7.05 Å². The fraction of sp³-hybridized carbons (Fsp3) is 0.133. The lowest BCUT2D eigenvalue weighted by molar-refractivity contribution is 0.549. The van der Waals surface area contributed by atoms with Crippen LogP contribution in [-0.4, -0.2) is 24.8 Å². The summed E-state index contributed by atoms with van der Waals surface area (Å²) < 4.78 is 3.62. The van der Waals surface area contributed by atoms with Gasteiger partial charge in [-0.25, -0.2) is 4.68 Å². The van der Waals surface area contributed by atoms with E-state index in [0.717, 1.165) is 27.5 Å². The van der Waals surface area contributed by atoms with E-state index in [2.05, 4.69) is 15.4 Å².